The monoisotopic (exact) mass is 354 g/mol. The van der Waals surface area contributed by atoms with Crippen molar-refractivity contribution >= 4 is 16.7 Å². The summed E-state index contributed by atoms with van der Waals surface area (Å²) in [7, 11) is 0. The molecule has 27 heavy (non-hydrogen) atoms. The van der Waals surface area contributed by atoms with Crippen LogP contribution < -0.4 is 5.32 Å². The van der Waals surface area contributed by atoms with Crippen molar-refractivity contribution in [1.29, 1.82) is 0 Å². The van der Waals surface area contributed by atoms with E-state index in [0.29, 0.717) is 18.1 Å². The van der Waals surface area contributed by atoms with Gasteiger partial charge in [0, 0.05) is 18.0 Å². The molecule has 5 rings (SSSR count). The number of aromatic nitrogens is 3. The van der Waals surface area contributed by atoms with E-state index in [2.05, 4.69) is 27.4 Å². The number of benzene rings is 2. The number of nitrogens with zero attached hydrogens (tertiary/aromatic N) is 3. The lowest BCUT2D eigenvalue weighted by Gasteiger charge is -2.20. The van der Waals surface area contributed by atoms with Crippen LogP contribution >= 0.6 is 0 Å². The molecule has 132 valence electrons. The number of rotatable bonds is 3. The Morgan fingerprint density at radius 1 is 0.889 bits per heavy atom. The normalized spacial score (nSPS) is 18.4. The van der Waals surface area contributed by atoms with Crippen LogP contribution in [0.1, 0.15) is 17.2 Å². The molecule has 0 saturated carbocycles. The fourth-order valence-electron chi connectivity index (χ4n) is 3.69. The molecular formula is C22H18N4O. The van der Waals surface area contributed by atoms with Crippen molar-refractivity contribution in [3.05, 3.63) is 84.1 Å². The zero-order valence-corrected chi connectivity index (χ0v) is 14.6. The molecule has 2 aromatic carbocycles. The van der Waals surface area contributed by atoms with Crippen LogP contribution in [0.3, 0.4) is 0 Å². The first kappa shape index (κ1) is 15.9. The highest BCUT2D eigenvalue weighted by molar-refractivity contribution is 5.90. The van der Waals surface area contributed by atoms with E-state index in [1.54, 1.807) is 6.20 Å². The molecule has 0 saturated heterocycles. The minimum atomic E-state index is -0.491. The van der Waals surface area contributed by atoms with Crippen LogP contribution in [0.15, 0.2) is 72.9 Å². The Morgan fingerprint density at radius 2 is 1.70 bits per heavy atom. The van der Waals surface area contributed by atoms with E-state index in [0.717, 1.165) is 22.2 Å². The molecule has 4 aromatic rings. The van der Waals surface area contributed by atoms with Gasteiger partial charge < -0.3 is 10.4 Å². The number of fused-ring (bicyclic) bond motifs is 2. The molecule has 2 N–H and O–H groups in total. The summed E-state index contributed by atoms with van der Waals surface area (Å²) in [6.45, 7) is 0. The van der Waals surface area contributed by atoms with E-state index in [1.165, 1.54) is 5.56 Å². The lowest BCUT2D eigenvalue weighted by molar-refractivity contribution is 0.165. The van der Waals surface area contributed by atoms with E-state index in [9.17, 15) is 5.11 Å². The first-order valence-electron chi connectivity index (χ1n) is 9.00. The minimum absolute atomic E-state index is 0.198. The second-order valence-electron chi connectivity index (χ2n) is 6.72. The van der Waals surface area contributed by atoms with Crippen molar-refractivity contribution < 1.29 is 5.11 Å². The van der Waals surface area contributed by atoms with Crippen LogP contribution in [0.25, 0.3) is 22.4 Å². The second kappa shape index (κ2) is 6.45. The summed E-state index contributed by atoms with van der Waals surface area (Å²) in [5.74, 6) is 1.28. The van der Waals surface area contributed by atoms with Gasteiger partial charge in [0.05, 0.1) is 17.7 Å². The predicted octanol–water partition coefficient (Wildman–Crippen LogP) is 3.76. The van der Waals surface area contributed by atoms with Crippen molar-refractivity contribution in [3.8, 4) is 11.5 Å². The minimum Gasteiger partial charge on any atom is -0.390 e. The van der Waals surface area contributed by atoms with E-state index < -0.39 is 6.10 Å². The van der Waals surface area contributed by atoms with Gasteiger partial charge in [0.25, 0.3) is 0 Å². The first-order valence-corrected chi connectivity index (χ1v) is 9.00. The molecule has 0 spiro atoms. The molecule has 1 aliphatic carbocycles. The fraction of sp³-hybridized carbons (Fsp3) is 0.136. The lowest BCUT2D eigenvalue weighted by atomic mass is 10.1. The molecule has 5 heteroatoms. The number of pyridine rings is 1. The molecule has 1 aliphatic rings. The molecule has 0 radical (unpaired) electrons. The number of para-hydroxylation sites is 1. The molecule has 0 fully saturated rings. The zero-order valence-electron chi connectivity index (χ0n) is 14.6. The van der Waals surface area contributed by atoms with E-state index in [4.69, 9.17) is 4.98 Å². The van der Waals surface area contributed by atoms with E-state index in [1.807, 2.05) is 54.6 Å². The number of hydrogen-bond donors (Lipinski definition) is 2. The average molecular weight is 354 g/mol. The first-order chi connectivity index (χ1) is 13.3. The standard InChI is InChI=1S/C22H18N4O/c27-19-13-14-7-1-2-8-15(14)20(19)25-21-16-9-3-4-10-17(16)24-22(26-21)18-11-5-6-12-23-18/h1-12,19-20,27H,13H2,(H,24,25,26)/t19-,20+/m0/s1. The quantitative estimate of drug-likeness (QED) is 0.586. The smallest absolute Gasteiger partial charge is 0.180 e. The molecule has 2 heterocycles. The van der Waals surface area contributed by atoms with Crippen molar-refractivity contribution in [3.63, 3.8) is 0 Å². The predicted molar refractivity (Wildman–Crippen MR) is 105 cm³/mol. The highest BCUT2D eigenvalue weighted by atomic mass is 16.3. The Balaban J connectivity index is 1.62. The van der Waals surface area contributed by atoms with Crippen LogP contribution in [0, 0.1) is 0 Å². The van der Waals surface area contributed by atoms with Crippen LogP contribution in [0.4, 0.5) is 5.82 Å². The van der Waals surface area contributed by atoms with Crippen LogP contribution in [-0.2, 0) is 6.42 Å². The van der Waals surface area contributed by atoms with Gasteiger partial charge in [-0.1, -0.05) is 42.5 Å². The van der Waals surface area contributed by atoms with Crippen molar-refractivity contribution in [1.82, 2.24) is 15.0 Å². The van der Waals surface area contributed by atoms with Gasteiger partial charge in [0.2, 0.25) is 0 Å². The number of nitrogens with one attached hydrogen (secondary N) is 1. The second-order valence-corrected chi connectivity index (χ2v) is 6.72. The number of aliphatic hydroxyl groups excluding tert-OH is 1. The van der Waals surface area contributed by atoms with E-state index in [-0.39, 0.29) is 6.04 Å². The van der Waals surface area contributed by atoms with E-state index >= 15 is 0 Å². The summed E-state index contributed by atoms with van der Waals surface area (Å²) in [6.07, 6.45) is 1.89. The molecule has 0 bridgehead atoms. The summed E-state index contributed by atoms with van der Waals surface area (Å²) < 4.78 is 0. The topological polar surface area (TPSA) is 70.9 Å². The molecule has 0 aliphatic heterocycles. The largest absolute Gasteiger partial charge is 0.390 e. The maximum Gasteiger partial charge on any atom is 0.180 e. The summed E-state index contributed by atoms with van der Waals surface area (Å²) in [6, 6.07) is 21.5. The van der Waals surface area contributed by atoms with Crippen molar-refractivity contribution in [2.24, 2.45) is 0 Å². The van der Waals surface area contributed by atoms with Gasteiger partial charge >= 0.3 is 0 Å². The number of anilines is 1. The molecule has 5 nitrogen and oxygen atoms in total. The molecule has 0 amide bonds. The summed E-state index contributed by atoms with van der Waals surface area (Å²) in [5, 5.41) is 15.0. The molecule has 0 unspecified atom stereocenters. The lowest BCUT2D eigenvalue weighted by Crippen LogP contribution is -2.22. The third-order valence-electron chi connectivity index (χ3n) is 4.99. The summed E-state index contributed by atoms with van der Waals surface area (Å²) in [4.78, 5) is 13.8. The van der Waals surface area contributed by atoms with Gasteiger partial charge in [0.15, 0.2) is 5.82 Å². The Morgan fingerprint density at radius 3 is 2.59 bits per heavy atom. The van der Waals surface area contributed by atoms with Gasteiger partial charge in [-0.25, -0.2) is 9.97 Å². The third-order valence-corrected chi connectivity index (χ3v) is 4.99. The Hall–Kier alpha value is -3.31. The van der Waals surface area contributed by atoms with Crippen LogP contribution in [0.2, 0.25) is 0 Å². The SMILES string of the molecule is O[C@H]1Cc2ccccc2[C@H]1Nc1nc(-c2ccccn2)nc2ccccc12. The Bertz CT molecular complexity index is 1110. The average Bonchev–Trinajstić information content (AvgIpc) is 3.04. The highest BCUT2D eigenvalue weighted by Crippen LogP contribution is 2.35. The maximum atomic E-state index is 10.6. The maximum absolute atomic E-state index is 10.6. The highest BCUT2D eigenvalue weighted by Gasteiger charge is 2.31. The Labute approximate surface area is 156 Å². The third kappa shape index (κ3) is 2.82. The Kier molecular flexibility index (Phi) is 3.80. The van der Waals surface area contributed by atoms with Gasteiger partial charge in [-0.05, 0) is 35.4 Å². The summed E-state index contributed by atoms with van der Waals surface area (Å²) >= 11 is 0. The van der Waals surface area contributed by atoms with Gasteiger partial charge in [-0.3, -0.25) is 4.98 Å². The summed E-state index contributed by atoms with van der Waals surface area (Å²) in [5.41, 5.74) is 3.85. The van der Waals surface area contributed by atoms with Crippen molar-refractivity contribution in [2.75, 3.05) is 5.32 Å². The molecular weight excluding hydrogens is 336 g/mol. The van der Waals surface area contributed by atoms with Crippen LogP contribution in [-0.4, -0.2) is 26.2 Å². The molecule has 2 aromatic heterocycles. The number of aliphatic hydroxyl groups is 1. The zero-order chi connectivity index (χ0) is 18.2. The van der Waals surface area contributed by atoms with Crippen molar-refractivity contribution in [2.45, 2.75) is 18.6 Å². The van der Waals surface area contributed by atoms with Gasteiger partial charge in [0.1, 0.15) is 11.5 Å². The van der Waals surface area contributed by atoms with Gasteiger partial charge in [-0.15, -0.1) is 0 Å². The fourth-order valence-corrected chi connectivity index (χ4v) is 3.69. The van der Waals surface area contributed by atoms with Crippen LogP contribution in [0.5, 0.6) is 0 Å². The van der Waals surface area contributed by atoms with Gasteiger partial charge in [-0.2, -0.15) is 0 Å². The number of hydrogen-bond acceptors (Lipinski definition) is 5. The molecule has 2 atom stereocenters.